The molecule has 37 heavy (non-hydrogen) atoms. The molecule has 1 heterocycles. The molecule has 6 nitrogen and oxygen atoms in total. The molecule has 7 heteroatoms. The van der Waals surface area contributed by atoms with Gasteiger partial charge in [-0.25, -0.2) is 0 Å². The van der Waals surface area contributed by atoms with E-state index in [4.69, 9.17) is 11.6 Å². The van der Waals surface area contributed by atoms with Gasteiger partial charge >= 0.3 is 0 Å². The number of amides is 2. The standard InChI is InChI=1S/C30H41ClN4O2/c1-4-24(25-8-6-5-7-9-25)21-35-19-17-27(34-28(30(35)37)16-18-32-22(2)3)20-33-29(36)15-12-23-10-13-26(31)14-11-23/h5-15,22,24,27-28,32,34H,4,16-21H2,1-3H3,(H,33,36)/b15-12+. The second-order valence-electron chi connectivity index (χ2n) is 10.0. The highest BCUT2D eigenvalue weighted by molar-refractivity contribution is 6.30. The van der Waals surface area contributed by atoms with Gasteiger partial charge in [-0.05, 0) is 55.1 Å². The number of carbonyl (C=O) groups is 2. The topological polar surface area (TPSA) is 73.5 Å². The Balaban J connectivity index is 1.63. The molecule has 0 bridgehead atoms. The third kappa shape index (κ3) is 9.62. The molecule has 0 aromatic heterocycles. The van der Waals surface area contributed by atoms with E-state index in [0.717, 1.165) is 24.9 Å². The summed E-state index contributed by atoms with van der Waals surface area (Å²) in [5.74, 6) is 0.294. The lowest BCUT2D eigenvalue weighted by atomic mass is 9.95. The molecule has 2 amide bonds. The smallest absolute Gasteiger partial charge is 0.244 e. The second-order valence-corrected chi connectivity index (χ2v) is 10.5. The average Bonchev–Trinajstić information content (AvgIpc) is 3.04. The summed E-state index contributed by atoms with van der Waals surface area (Å²) in [6.07, 6.45) is 5.77. The first-order valence-corrected chi connectivity index (χ1v) is 13.8. The van der Waals surface area contributed by atoms with Crippen molar-refractivity contribution in [2.75, 3.05) is 26.2 Å². The van der Waals surface area contributed by atoms with Crippen LogP contribution in [0.1, 0.15) is 57.1 Å². The first kappa shape index (κ1) is 28.9. The average molecular weight is 525 g/mol. The Morgan fingerprint density at radius 3 is 2.57 bits per heavy atom. The molecule has 1 fully saturated rings. The third-order valence-electron chi connectivity index (χ3n) is 6.80. The van der Waals surface area contributed by atoms with E-state index in [1.807, 2.05) is 23.1 Å². The van der Waals surface area contributed by atoms with E-state index < -0.39 is 0 Å². The van der Waals surface area contributed by atoms with Crippen molar-refractivity contribution in [2.45, 2.75) is 64.1 Å². The van der Waals surface area contributed by atoms with Crippen LogP contribution in [-0.2, 0) is 9.59 Å². The first-order chi connectivity index (χ1) is 17.9. The maximum Gasteiger partial charge on any atom is 0.244 e. The lowest BCUT2D eigenvalue weighted by Crippen LogP contribution is -2.50. The van der Waals surface area contributed by atoms with Gasteiger partial charge in [0.2, 0.25) is 11.8 Å². The van der Waals surface area contributed by atoms with Crippen LogP contribution < -0.4 is 16.0 Å². The number of hydrogen-bond donors (Lipinski definition) is 3. The Kier molecular flexibility index (Phi) is 11.6. The van der Waals surface area contributed by atoms with Crippen molar-refractivity contribution in [1.82, 2.24) is 20.9 Å². The molecule has 3 rings (SSSR count). The molecule has 3 unspecified atom stereocenters. The summed E-state index contributed by atoms with van der Waals surface area (Å²) in [7, 11) is 0. The van der Waals surface area contributed by atoms with E-state index in [0.29, 0.717) is 43.0 Å². The first-order valence-electron chi connectivity index (χ1n) is 13.4. The molecule has 3 atom stereocenters. The van der Waals surface area contributed by atoms with Crippen LogP contribution in [-0.4, -0.2) is 61.0 Å². The lowest BCUT2D eigenvalue weighted by Gasteiger charge is -2.28. The fourth-order valence-corrected chi connectivity index (χ4v) is 4.76. The fourth-order valence-electron chi connectivity index (χ4n) is 4.64. The maximum atomic E-state index is 13.6. The van der Waals surface area contributed by atoms with E-state index >= 15 is 0 Å². The number of nitrogens with one attached hydrogen (secondary N) is 3. The van der Waals surface area contributed by atoms with Crippen LogP contribution in [0.2, 0.25) is 5.02 Å². The van der Waals surface area contributed by atoms with Crippen LogP contribution in [0, 0.1) is 0 Å². The predicted molar refractivity (Wildman–Crippen MR) is 153 cm³/mol. The van der Waals surface area contributed by atoms with Gasteiger partial charge in [-0.15, -0.1) is 0 Å². The summed E-state index contributed by atoms with van der Waals surface area (Å²) in [4.78, 5) is 28.1. The minimum atomic E-state index is -0.284. The van der Waals surface area contributed by atoms with Crippen molar-refractivity contribution in [2.24, 2.45) is 0 Å². The van der Waals surface area contributed by atoms with Crippen LogP contribution in [0.3, 0.4) is 0 Å². The summed E-state index contributed by atoms with van der Waals surface area (Å²) in [5.41, 5.74) is 2.18. The van der Waals surface area contributed by atoms with Crippen LogP contribution in [0.5, 0.6) is 0 Å². The van der Waals surface area contributed by atoms with Crippen molar-refractivity contribution in [3.8, 4) is 0 Å². The van der Waals surface area contributed by atoms with Crippen LogP contribution >= 0.6 is 11.6 Å². The van der Waals surface area contributed by atoms with Gasteiger partial charge in [-0.2, -0.15) is 0 Å². The normalized spacial score (nSPS) is 19.3. The fraction of sp³-hybridized carbons (Fsp3) is 0.467. The summed E-state index contributed by atoms with van der Waals surface area (Å²) < 4.78 is 0. The Morgan fingerprint density at radius 1 is 1.16 bits per heavy atom. The number of halogens is 1. The Morgan fingerprint density at radius 2 is 1.89 bits per heavy atom. The third-order valence-corrected chi connectivity index (χ3v) is 7.06. The molecular weight excluding hydrogens is 484 g/mol. The molecule has 200 valence electrons. The molecule has 1 aliphatic rings. The Bertz CT molecular complexity index is 1010. The zero-order chi connectivity index (χ0) is 26.6. The summed E-state index contributed by atoms with van der Waals surface area (Å²) in [6, 6.07) is 17.9. The molecule has 2 aromatic rings. The molecule has 1 aliphatic heterocycles. The van der Waals surface area contributed by atoms with Gasteiger partial charge in [0.15, 0.2) is 0 Å². The number of rotatable bonds is 12. The number of benzene rings is 2. The summed E-state index contributed by atoms with van der Waals surface area (Å²) in [5, 5.41) is 10.6. The molecular formula is C30H41ClN4O2. The monoisotopic (exact) mass is 524 g/mol. The predicted octanol–water partition coefficient (Wildman–Crippen LogP) is 4.61. The molecule has 0 aliphatic carbocycles. The zero-order valence-electron chi connectivity index (χ0n) is 22.3. The summed E-state index contributed by atoms with van der Waals surface area (Å²) in [6.45, 7) is 9.00. The molecule has 0 saturated carbocycles. The number of carbonyl (C=O) groups excluding carboxylic acids is 2. The van der Waals surface area contributed by atoms with Crippen molar-refractivity contribution in [1.29, 1.82) is 0 Å². The van der Waals surface area contributed by atoms with Crippen LogP contribution in [0.4, 0.5) is 0 Å². The quantitative estimate of drug-likeness (QED) is 0.354. The maximum absolute atomic E-state index is 13.6. The summed E-state index contributed by atoms with van der Waals surface area (Å²) >= 11 is 5.93. The van der Waals surface area contributed by atoms with Gasteiger partial charge in [-0.3, -0.25) is 9.59 Å². The lowest BCUT2D eigenvalue weighted by molar-refractivity contribution is -0.133. The zero-order valence-corrected chi connectivity index (χ0v) is 23.0. The Labute approximate surface area is 226 Å². The van der Waals surface area contributed by atoms with Crippen molar-refractivity contribution in [3.63, 3.8) is 0 Å². The van der Waals surface area contributed by atoms with E-state index in [9.17, 15) is 9.59 Å². The van der Waals surface area contributed by atoms with Gasteiger partial charge in [0.1, 0.15) is 0 Å². The Hall–Kier alpha value is -2.67. The SMILES string of the molecule is CCC(CN1CCC(CNC(=O)/C=C/c2ccc(Cl)cc2)NC(CCNC(C)C)C1=O)c1ccccc1. The van der Waals surface area contributed by atoms with Crippen LogP contribution in [0.25, 0.3) is 6.08 Å². The van der Waals surface area contributed by atoms with Gasteiger partial charge in [-0.1, -0.05) is 74.8 Å². The highest BCUT2D eigenvalue weighted by atomic mass is 35.5. The molecule has 2 aromatic carbocycles. The van der Waals surface area contributed by atoms with Crippen LogP contribution in [0.15, 0.2) is 60.7 Å². The van der Waals surface area contributed by atoms with Gasteiger partial charge in [0, 0.05) is 48.7 Å². The molecule has 3 N–H and O–H groups in total. The highest BCUT2D eigenvalue weighted by Gasteiger charge is 2.31. The van der Waals surface area contributed by atoms with Gasteiger partial charge in [0.05, 0.1) is 6.04 Å². The largest absolute Gasteiger partial charge is 0.351 e. The molecule has 0 radical (unpaired) electrons. The number of nitrogens with zero attached hydrogens (tertiary/aromatic N) is 1. The minimum absolute atomic E-state index is 0.0164. The second kappa shape index (κ2) is 14.9. The van der Waals surface area contributed by atoms with Gasteiger partial charge < -0.3 is 20.9 Å². The highest BCUT2D eigenvalue weighted by Crippen LogP contribution is 2.22. The minimum Gasteiger partial charge on any atom is -0.351 e. The molecule has 0 spiro atoms. The molecule has 1 saturated heterocycles. The number of hydrogen-bond acceptors (Lipinski definition) is 4. The van der Waals surface area contributed by atoms with E-state index in [-0.39, 0.29) is 23.9 Å². The van der Waals surface area contributed by atoms with E-state index in [1.165, 1.54) is 11.6 Å². The van der Waals surface area contributed by atoms with E-state index in [2.05, 4.69) is 61.0 Å². The van der Waals surface area contributed by atoms with Crippen molar-refractivity contribution in [3.05, 3.63) is 76.8 Å². The van der Waals surface area contributed by atoms with Crippen molar-refractivity contribution < 1.29 is 9.59 Å². The van der Waals surface area contributed by atoms with Gasteiger partial charge in [0.25, 0.3) is 0 Å². The van der Waals surface area contributed by atoms with Crippen molar-refractivity contribution >= 4 is 29.5 Å². The van der Waals surface area contributed by atoms with E-state index in [1.54, 1.807) is 18.2 Å².